The number of terminal acetylenes is 1. The zero-order chi connectivity index (χ0) is 14.7. The van der Waals surface area contributed by atoms with Crippen molar-refractivity contribution >= 4 is 21.6 Å². The zero-order valence-corrected chi connectivity index (χ0v) is 13.4. The molecule has 1 heterocycles. The van der Waals surface area contributed by atoms with E-state index in [1.54, 1.807) is 6.20 Å². The largest absolute Gasteiger partial charge is 0.381 e. The van der Waals surface area contributed by atoms with Crippen molar-refractivity contribution in [2.45, 2.75) is 38.4 Å². The Labute approximate surface area is 127 Å². The Hall–Kier alpha value is -1.32. The average molecular weight is 339 g/mol. The van der Waals surface area contributed by atoms with Gasteiger partial charge in [0.05, 0.1) is 11.9 Å². The zero-order valence-electron chi connectivity index (χ0n) is 11.8. The van der Waals surface area contributed by atoms with E-state index < -0.39 is 0 Å². The van der Waals surface area contributed by atoms with Crippen LogP contribution in [0.15, 0.2) is 15.5 Å². The Morgan fingerprint density at radius 2 is 2.40 bits per heavy atom. The second-order valence-electron chi connectivity index (χ2n) is 5.17. The first-order chi connectivity index (χ1) is 9.54. The van der Waals surface area contributed by atoms with Crippen LogP contribution in [-0.2, 0) is 6.54 Å². The van der Waals surface area contributed by atoms with Crippen molar-refractivity contribution in [1.82, 2.24) is 14.7 Å². The van der Waals surface area contributed by atoms with Crippen molar-refractivity contribution in [3.8, 4) is 12.3 Å². The molecule has 20 heavy (non-hydrogen) atoms. The van der Waals surface area contributed by atoms with E-state index in [4.69, 9.17) is 6.42 Å². The number of nitrogens with zero attached hydrogens (tertiary/aromatic N) is 3. The van der Waals surface area contributed by atoms with Gasteiger partial charge < -0.3 is 5.32 Å². The van der Waals surface area contributed by atoms with Crippen molar-refractivity contribution in [1.29, 1.82) is 0 Å². The van der Waals surface area contributed by atoms with Gasteiger partial charge in [-0.3, -0.25) is 9.69 Å². The first kappa shape index (κ1) is 15.1. The maximum Gasteiger partial charge on any atom is 0.284 e. The number of nitrogens with one attached hydrogen (secondary N) is 1. The monoisotopic (exact) mass is 338 g/mol. The van der Waals surface area contributed by atoms with Crippen LogP contribution in [-0.4, -0.2) is 40.4 Å². The van der Waals surface area contributed by atoms with E-state index in [0.717, 1.165) is 12.6 Å². The Bertz CT molecular complexity index is 574. The lowest BCUT2D eigenvalue weighted by Gasteiger charge is -2.25. The van der Waals surface area contributed by atoms with Gasteiger partial charge in [-0.25, -0.2) is 4.68 Å². The van der Waals surface area contributed by atoms with Crippen LogP contribution in [0.1, 0.15) is 19.8 Å². The molecular formula is C14H19BrN4O. The van der Waals surface area contributed by atoms with E-state index >= 15 is 0 Å². The molecule has 1 aliphatic carbocycles. The normalized spacial score (nSPS) is 15.9. The summed E-state index contributed by atoms with van der Waals surface area (Å²) in [6.07, 6.45) is 9.40. The molecule has 0 bridgehead atoms. The van der Waals surface area contributed by atoms with E-state index in [1.165, 1.54) is 17.5 Å². The van der Waals surface area contributed by atoms with Crippen LogP contribution in [0.3, 0.4) is 0 Å². The number of hydrogen-bond acceptors (Lipinski definition) is 4. The second kappa shape index (κ2) is 6.42. The van der Waals surface area contributed by atoms with Gasteiger partial charge in [-0.15, -0.1) is 6.42 Å². The molecule has 1 N–H and O–H groups in total. The molecule has 1 unspecified atom stereocenters. The number of halogens is 1. The number of rotatable bonds is 6. The van der Waals surface area contributed by atoms with Gasteiger partial charge in [-0.05, 0) is 42.7 Å². The van der Waals surface area contributed by atoms with Crippen molar-refractivity contribution in [3.05, 3.63) is 21.0 Å². The number of hydrogen-bond donors (Lipinski definition) is 1. The molecule has 0 aromatic carbocycles. The van der Waals surface area contributed by atoms with E-state index in [2.05, 4.69) is 51.1 Å². The third-order valence-electron chi connectivity index (χ3n) is 3.63. The molecule has 6 heteroatoms. The SMILES string of the molecule is C#CCn1ncc(NCC(C)N(C)C2CC2)c(Br)c1=O. The summed E-state index contributed by atoms with van der Waals surface area (Å²) in [5.41, 5.74) is 0.496. The third-order valence-corrected chi connectivity index (χ3v) is 4.40. The molecule has 5 nitrogen and oxygen atoms in total. The molecule has 1 aromatic rings. The molecular weight excluding hydrogens is 320 g/mol. The van der Waals surface area contributed by atoms with Crippen LogP contribution in [0.2, 0.25) is 0 Å². The first-order valence-corrected chi connectivity index (χ1v) is 7.48. The van der Waals surface area contributed by atoms with Gasteiger partial charge in [0.15, 0.2) is 0 Å². The summed E-state index contributed by atoms with van der Waals surface area (Å²) in [6.45, 7) is 3.12. The summed E-state index contributed by atoms with van der Waals surface area (Å²) < 4.78 is 1.73. The molecule has 0 radical (unpaired) electrons. The van der Waals surface area contributed by atoms with Gasteiger partial charge in [-0.2, -0.15) is 5.10 Å². The minimum Gasteiger partial charge on any atom is -0.381 e. The highest BCUT2D eigenvalue weighted by atomic mass is 79.9. The fourth-order valence-corrected chi connectivity index (χ4v) is 2.48. The molecule has 2 rings (SSSR count). The average Bonchev–Trinajstić information content (AvgIpc) is 3.26. The summed E-state index contributed by atoms with van der Waals surface area (Å²) in [6, 6.07) is 1.12. The summed E-state index contributed by atoms with van der Waals surface area (Å²) in [7, 11) is 2.14. The summed E-state index contributed by atoms with van der Waals surface area (Å²) in [4.78, 5) is 14.4. The minimum absolute atomic E-state index is 0.179. The lowest BCUT2D eigenvalue weighted by atomic mass is 10.3. The molecule has 108 valence electrons. The van der Waals surface area contributed by atoms with Crippen molar-refractivity contribution < 1.29 is 0 Å². The fraction of sp³-hybridized carbons (Fsp3) is 0.571. The highest BCUT2D eigenvalue weighted by Crippen LogP contribution is 2.27. The lowest BCUT2D eigenvalue weighted by molar-refractivity contribution is 0.257. The maximum atomic E-state index is 12.0. The highest BCUT2D eigenvalue weighted by Gasteiger charge is 2.28. The molecule has 0 spiro atoms. The topological polar surface area (TPSA) is 50.2 Å². The highest BCUT2D eigenvalue weighted by molar-refractivity contribution is 9.10. The first-order valence-electron chi connectivity index (χ1n) is 6.69. The smallest absolute Gasteiger partial charge is 0.284 e. The van der Waals surface area contributed by atoms with Gasteiger partial charge in [-0.1, -0.05) is 5.92 Å². The van der Waals surface area contributed by atoms with Crippen molar-refractivity contribution in [2.75, 3.05) is 18.9 Å². The Balaban J connectivity index is 2.01. The Morgan fingerprint density at radius 3 is 3.00 bits per heavy atom. The molecule has 1 fully saturated rings. The van der Waals surface area contributed by atoms with E-state index in [9.17, 15) is 4.79 Å². The molecule has 1 atom stereocenters. The summed E-state index contributed by atoms with van der Waals surface area (Å²) in [5, 5.41) is 7.32. The number of likely N-dealkylation sites (N-methyl/N-ethyl adjacent to an activating group) is 1. The molecule has 0 saturated heterocycles. The molecule has 1 saturated carbocycles. The number of anilines is 1. The summed E-state index contributed by atoms with van der Waals surface area (Å²) in [5.74, 6) is 2.41. The van der Waals surface area contributed by atoms with Gasteiger partial charge in [0.1, 0.15) is 11.0 Å². The van der Waals surface area contributed by atoms with Crippen LogP contribution in [0.25, 0.3) is 0 Å². The lowest BCUT2D eigenvalue weighted by Crippen LogP contribution is -2.36. The number of aromatic nitrogens is 2. The predicted molar refractivity (Wildman–Crippen MR) is 83.8 cm³/mol. The van der Waals surface area contributed by atoms with E-state index in [1.807, 2.05) is 0 Å². The maximum absolute atomic E-state index is 12.0. The fourth-order valence-electron chi connectivity index (χ4n) is 2.03. The van der Waals surface area contributed by atoms with Crippen LogP contribution in [0, 0.1) is 12.3 Å². The van der Waals surface area contributed by atoms with Gasteiger partial charge in [0.2, 0.25) is 0 Å². The Morgan fingerprint density at radius 1 is 1.70 bits per heavy atom. The van der Waals surface area contributed by atoms with Gasteiger partial charge >= 0.3 is 0 Å². The van der Waals surface area contributed by atoms with Crippen molar-refractivity contribution in [2.24, 2.45) is 0 Å². The van der Waals surface area contributed by atoms with E-state index in [-0.39, 0.29) is 12.1 Å². The van der Waals surface area contributed by atoms with Gasteiger partial charge in [0.25, 0.3) is 5.56 Å². The molecule has 1 aromatic heterocycles. The van der Waals surface area contributed by atoms with E-state index in [0.29, 0.717) is 16.2 Å². The third kappa shape index (κ3) is 3.41. The standard InChI is InChI=1S/C14H19BrN4O/c1-4-7-19-14(20)13(15)12(9-17-19)16-8-10(2)18(3)11-5-6-11/h1,9-11,16H,5-8H2,2-3H3. The van der Waals surface area contributed by atoms with Gasteiger partial charge in [0, 0.05) is 18.6 Å². The van der Waals surface area contributed by atoms with Crippen LogP contribution in [0.5, 0.6) is 0 Å². The molecule has 1 aliphatic rings. The summed E-state index contributed by atoms with van der Waals surface area (Å²) >= 11 is 3.31. The van der Waals surface area contributed by atoms with Crippen LogP contribution >= 0.6 is 15.9 Å². The Kier molecular flexibility index (Phi) is 4.84. The van der Waals surface area contributed by atoms with Crippen LogP contribution < -0.4 is 10.9 Å². The second-order valence-corrected chi connectivity index (χ2v) is 5.96. The minimum atomic E-state index is -0.212. The molecule has 0 amide bonds. The van der Waals surface area contributed by atoms with Crippen molar-refractivity contribution in [3.63, 3.8) is 0 Å². The predicted octanol–water partition coefficient (Wildman–Crippen LogP) is 1.53. The molecule has 0 aliphatic heterocycles. The van der Waals surface area contributed by atoms with Crippen LogP contribution in [0.4, 0.5) is 5.69 Å². The quantitative estimate of drug-likeness (QED) is 0.799.